The van der Waals surface area contributed by atoms with Crippen LogP contribution in [0.5, 0.6) is 0 Å². The van der Waals surface area contributed by atoms with Crippen molar-refractivity contribution in [3.05, 3.63) is 56.4 Å². The minimum absolute atomic E-state index is 0.153. The third-order valence-electron chi connectivity index (χ3n) is 2.72. The van der Waals surface area contributed by atoms with Crippen LogP contribution in [0.25, 0.3) is 0 Å². The Kier molecular flexibility index (Phi) is 4.92. The first kappa shape index (κ1) is 13.7. The molecule has 1 atom stereocenters. The van der Waals surface area contributed by atoms with Gasteiger partial charge in [0, 0.05) is 21.8 Å². The molecule has 0 aliphatic rings. The number of halogens is 2. The monoisotopic (exact) mass is 327 g/mol. The molecule has 0 aliphatic heterocycles. The number of hydrogen-bond acceptors (Lipinski definition) is 2. The van der Waals surface area contributed by atoms with Gasteiger partial charge in [0.25, 0.3) is 0 Å². The number of hydrogen-bond donors (Lipinski definition) is 1. The van der Waals surface area contributed by atoms with Crippen LogP contribution in [-0.4, -0.2) is 6.54 Å². The summed E-state index contributed by atoms with van der Waals surface area (Å²) in [5.41, 5.74) is 0.983. The van der Waals surface area contributed by atoms with Crippen LogP contribution in [0.4, 0.5) is 4.39 Å². The Morgan fingerprint density at radius 2 is 2.22 bits per heavy atom. The quantitative estimate of drug-likeness (QED) is 0.849. The minimum atomic E-state index is -0.201. The first-order chi connectivity index (χ1) is 8.69. The van der Waals surface area contributed by atoms with Crippen LogP contribution in [0.1, 0.15) is 23.4 Å². The van der Waals surface area contributed by atoms with Crippen LogP contribution in [-0.2, 0) is 6.42 Å². The first-order valence-corrected chi connectivity index (χ1v) is 7.58. The van der Waals surface area contributed by atoms with E-state index in [4.69, 9.17) is 0 Å². The van der Waals surface area contributed by atoms with Gasteiger partial charge in [-0.2, -0.15) is 0 Å². The van der Waals surface area contributed by atoms with E-state index in [1.165, 1.54) is 10.9 Å². The van der Waals surface area contributed by atoms with Crippen molar-refractivity contribution in [2.75, 3.05) is 6.54 Å². The number of benzene rings is 1. The molecule has 2 rings (SSSR count). The predicted octanol–water partition coefficient (Wildman–Crippen LogP) is 4.54. The van der Waals surface area contributed by atoms with Crippen LogP contribution in [0.2, 0.25) is 0 Å². The van der Waals surface area contributed by atoms with E-state index in [1.807, 2.05) is 12.1 Å². The standard InChI is InChI=1S/C14H15BrFNS/c1-2-17-14(9-13-4-3-5-18-13)10-6-11(15)8-12(16)7-10/h3-8,14,17H,2,9H2,1H3. The molecule has 4 heteroatoms. The van der Waals surface area contributed by atoms with E-state index in [9.17, 15) is 4.39 Å². The van der Waals surface area contributed by atoms with Gasteiger partial charge in [-0.25, -0.2) is 4.39 Å². The fourth-order valence-corrected chi connectivity index (χ4v) is 3.20. The minimum Gasteiger partial charge on any atom is -0.310 e. The van der Waals surface area contributed by atoms with E-state index in [0.29, 0.717) is 0 Å². The summed E-state index contributed by atoms with van der Waals surface area (Å²) in [6, 6.07) is 9.38. The van der Waals surface area contributed by atoms with Crippen molar-refractivity contribution in [2.24, 2.45) is 0 Å². The maximum Gasteiger partial charge on any atom is 0.124 e. The smallest absolute Gasteiger partial charge is 0.124 e. The highest BCUT2D eigenvalue weighted by Gasteiger charge is 2.13. The second-order valence-electron chi connectivity index (χ2n) is 4.10. The number of thiophene rings is 1. The lowest BCUT2D eigenvalue weighted by Gasteiger charge is -2.18. The Hall–Kier alpha value is -0.710. The first-order valence-electron chi connectivity index (χ1n) is 5.90. The normalized spacial score (nSPS) is 12.6. The molecule has 0 saturated heterocycles. The maximum absolute atomic E-state index is 13.5. The van der Waals surface area contributed by atoms with Crippen molar-refractivity contribution in [3.8, 4) is 0 Å². The molecule has 2 aromatic rings. The van der Waals surface area contributed by atoms with Crippen molar-refractivity contribution in [1.82, 2.24) is 5.32 Å². The van der Waals surface area contributed by atoms with Crippen LogP contribution >= 0.6 is 27.3 Å². The Bertz CT molecular complexity index is 478. The molecule has 0 spiro atoms. The molecule has 1 unspecified atom stereocenters. The molecule has 1 nitrogen and oxygen atoms in total. The van der Waals surface area contributed by atoms with Gasteiger partial charge in [-0.3, -0.25) is 0 Å². The fraction of sp³-hybridized carbons (Fsp3) is 0.286. The summed E-state index contributed by atoms with van der Waals surface area (Å²) in [4.78, 5) is 1.31. The SMILES string of the molecule is CCNC(Cc1cccs1)c1cc(F)cc(Br)c1. The van der Waals surface area contributed by atoms with Crippen molar-refractivity contribution in [1.29, 1.82) is 0 Å². The highest BCUT2D eigenvalue weighted by molar-refractivity contribution is 9.10. The third-order valence-corrected chi connectivity index (χ3v) is 4.08. The topological polar surface area (TPSA) is 12.0 Å². The molecule has 1 aromatic heterocycles. The number of rotatable bonds is 5. The van der Waals surface area contributed by atoms with Crippen LogP contribution in [0.3, 0.4) is 0 Å². The van der Waals surface area contributed by atoms with Gasteiger partial charge < -0.3 is 5.32 Å². The Morgan fingerprint density at radius 3 is 2.83 bits per heavy atom. The zero-order valence-electron chi connectivity index (χ0n) is 10.1. The van der Waals surface area contributed by atoms with E-state index in [2.05, 4.69) is 39.6 Å². The van der Waals surface area contributed by atoms with E-state index in [0.717, 1.165) is 23.0 Å². The molecule has 96 valence electrons. The molecular weight excluding hydrogens is 313 g/mol. The molecule has 1 heterocycles. The van der Waals surface area contributed by atoms with E-state index in [1.54, 1.807) is 17.4 Å². The molecular formula is C14H15BrFNS. The van der Waals surface area contributed by atoms with E-state index < -0.39 is 0 Å². The molecule has 1 N–H and O–H groups in total. The molecule has 1 aromatic carbocycles. The van der Waals surface area contributed by atoms with Crippen LogP contribution < -0.4 is 5.32 Å². The molecule has 0 radical (unpaired) electrons. The average Bonchev–Trinajstić information content (AvgIpc) is 2.80. The van der Waals surface area contributed by atoms with Crippen molar-refractivity contribution in [2.45, 2.75) is 19.4 Å². The van der Waals surface area contributed by atoms with Crippen molar-refractivity contribution < 1.29 is 4.39 Å². The van der Waals surface area contributed by atoms with Crippen LogP contribution in [0.15, 0.2) is 40.2 Å². The van der Waals surface area contributed by atoms with Gasteiger partial charge in [0.2, 0.25) is 0 Å². The molecule has 0 amide bonds. The number of likely N-dealkylation sites (N-methyl/N-ethyl adjacent to an activating group) is 1. The third kappa shape index (κ3) is 3.64. The second kappa shape index (κ2) is 6.45. The molecule has 0 bridgehead atoms. The molecule has 0 saturated carbocycles. The largest absolute Gasteiger partial charge is 0.310 e. The van der Waals surface area contributed by atoms with Crippen molar-refractivity contribution >= 4 is 27.3 Å². The lowest BCUT2D eigenvalue weighted by Crippen LogP contribution is -2.22. The van der Waals surface area contributed by atoms with E-state index in [-0.39, 0.29) is 11.9 Å². The zero-order valence-corrected chi connectivity index (χ0v) is 12.5. The molecule has 0 fully saturated rings. The van der Waals surface area contributed by atoms with Crippen LogP contribution in [0, 0.1) is 5.82 Å². The van der Waals surface area contributed by atoms with Gasteiger partial charge in [-0.15, -0.1) is 11.3 Å². The molecule has 18 heavy (non-hydrogen) atoms. The second-order valence-corrected chi connectivity index (χ2v) is 6.04. The summed E-state index contributed by atoms with van der Waals surface area (Å²) in [5.74, 6) is -0.201. The van der Waals surface area contributed by atoms with Crippen molar-refractivity contribution in [3.63, 3.8) is 0 Å². The van der Waals surface area contributed by atoms with Gasteiger partial charge in [-0.1, -0.05) is 28.9 Å². The predicted molar refractivity (Wildman–Crippen MR) is 78.5 cm³/mol. The summed E-state index contributed by atoms with van der Waals surface area (Å²) >= 11 is 5.08. The Morgan fingerprint density at radius 1 is 1.39 bits per heavy atom. The summed E-state index contributed by atoms with van der Waals surface area (Å²) in [7, 11) is 0. The average molecular weight is 328 g/mol. The van der Waals surface area contributed by atoms with Gasteiger partial charge in [-0.05, 0) is 41.8 Å². The molecule has 0 aliphatic carbocycles. The summed E-state index contributed by atoms with van der Waals surface area (Å²) in [6.07, 6.45) is 0.890. The van der Waals surface area contributed by atoms with E-state index >= 15 is 0 Å². The highest BCUT2D eigenvalue weighted by Crippen LogP contribution is 2.24. The lowest BCUT2D eigenvalue weighted by molar-refractivity contribution is 0.545. The summed E-state index contributed by atoms with van der Waals surface area (Å²) < 4.78 is 14.2. The Labute approximate surface area is 119 Å². The Balaban J connectivity index is 2.23. The maximum atomic E-state index is 13.5. The highest BCUT2D eigenvalue weighted by atomic mass is 79.9. The summed E-state index contributed by atoms with van der Waals surface area (Å²) in [5, 5.41) is 5.48. The lowest BCUT2D eigenvalue weighted by atomic mass is 10.0. The van der Waals surface area contributed by atoms with Gasteiger partial charge >= 0.3 is 0 Å². The number of nitrogens with one attached hydrogen (secondary N) is 1. The zero-order chi connectivity index (χ0) is 13.0. The van der Waals surface area contributed by atoms with Gasteiger partial charge in [0.15, 0.2) is 0 Å². The van der Waals surface area contributed by atoms with Gasteiger partial charge in [0.05, 0.1) is 0 Å². The fourth-order valence-electron chi connectivity index (χ4n) is 1.96. The summed E-state index contributed by atoms with van der Waals surface area (Å²) in [6.45, 7) is 2.93. The van der Waals surface area contributed by atoms with Gasteiger partial charge in [0.1, 0.15) is 5.82 Å².